The second-order valence-corrected chi connectivity index (χ2v) is 16.2. The quantitative estimate of drug-likeness (QED) is 0.241. The maximum atomic E-state index is 14.3. The highest BCUT2D eigenvalue weighted by atomic mass is 16.7. The summed E-state index contributed by atoms with van der Waals surface area (Å²) in [7, 11) is 0. The summed E-state index contributed by atoms with van der Waals surface area (Å²) in [6.07, 6.45) is 4.06. The molecule has 2 aromatic carbocycles. The zero-order valence-corrected chi connectivity index (χ0v) is 31.3. The summed E-state index contributed by atoms with van der Waals surface area (Å²) in [5.74, 6) is 2.21. The number of hydrogen-bond donors (Lipinski definition) is 3. The fourth-order valence-electron chi connectivity index (χ4n) is 9.81. The monoisotopic (exact) mass is 688 g/mol. The molecule has 0 spiro atoms. The number of aliphatic hydroxyl groups excluding tert-OH is 1. The topological polar surface area (TPSA) is 103 Å². The zero-order chi connectivity index (χ0) is 35.7. The third-order valence-corrected chi connectivity index (χ3v) is 12.8. The molecule has 274 valence electrons. The summed E-state index contributed by atoms with van der Waals surface area (Å²) >= 11 is 0. The number of hydrogen-bond acceptors (Lipinski definition) is 7. The molecule has 7 rings (SSSR count). The first-order chi connectivity index (χ1) is 24.0. The van der Waals surface area contributed by atoms with Crippen LogP contribution >= 0.6 is 0 Å². The van der Waals surface area contributed by atoms with Crippen LogP contribution in [0.25, 0.3) is 11.1 Å². The number of fused-ring (bicyclic) bond motifs is 2. The van der Waals surface area contributed by atoms with E-state index in [9.17, 15) is 14.7 Å². The molecular weight excluding hydrogens is 628 g/mol. The number of likely N-dealkylation sites (tertiary alicyclic amines) is 1. The number of benzene rings is 2. The number of hydroxylamine groups is 2. The van der Waals surface area contributed by atoms with Crippen LogP contribution in [0.2, 0.25) is 0 Å². The van der Waals surface area contributed by atoms with Crippen molar-refractivity contribution in [3.8, 4) is 16.9 Å². The highest BCUT2D eigenvalue weighted by molar-refractivity contribution is 5.95. The van der Waals surface area contributed by atoms with Crippen molar-refractivity contribution in [2.45, 2.75) is 105 Å². The number of nitrogens with zero attached hydrogens (tertiary/aromatic N) is 2. The number of aliphatic hydroxyl groups is 1. The van der Waals surface area contributed by atoms with Crippen LogP contribution in [-0.4, -0.2) is 84.0 Å². The van der Waals surface area contributed by atoms with Gasteiger partial charge in [0, 0.05) is 41.2 Å². The van der Waals surface area contributed by atoms with Crippen LogP contribution in [0.4, 0.5) is 0 Å². The van der Waals surface area contributed by atoms with Crippen LogP contribution in [0.1, 0.15) is 90.1 Å². The lowest BCUT2D eigenvalue weighted by Crippen LogP contribution is -2.62. The lowest BCUT2D eigenvalue weighted by atomic mass is 9.45. The van der Waals surface area contributed by atoms with Gasteiger partial charge in [-0.3, -0.25) is 19.3 Å². The minimum Gasteiger partial charge on any atom is -0.493 e. The van der Waals surface area contributed by atoms with Crippen molar-refractivity contribution in [3.05, 3.63) is 53.6 Å². The first kappa shape index (κ1) is 36.8. The minimum atomic E-state index is -0.556. The van der Waals surface area contributed by atoms with Gasteiger partial charge in [-0.05, 0) is 92.5 Å². The fourth-order valence-corrected chi connectivity index (χ4v) is 9.81. The Kier molecular flexibility index (Phi) is 11.3. The highest BCUT2D eigenvalue weighted by Crippen LogP contribution is 2.61. The fraction of sp³-hybridized carbons (Fsp3) is 0.659. The molecule has 5 aliphatic rings. The normalized spacial score (nSPS) is 30.7. The van der Waals surface area contributed by atoms with E-state index in [1.54, 1.807) is 5.06 Å². The van der Waals surface area contributed by atoms with E-state index in [0.717, 1.165) is 42.6 Å². The summed E-state index contributed by atoms with van der Waals surface area (Å²) in [6, 6.07) is 13.7. The second kappa shape index (κ2) is 15.3. The van der Waals surface area contributed by atoms with Crippen molar-refractivity contribution in [2.75, 3.05) is 32.8 Å². The van der Waals surface area contributed by atoms with Crippen LogP contribution in [0.15, 0.2) is 42.5 Å². The van der Waals surface area contributed by atoms with Gasteiger partial charge in [0.1, 0.15) is 17.9 Å². The van der Waals surface area contributed by atoms with E-state index in [-0.39, 0.29) is 36.3 Å². The lowest BCUT2D eigenvalue weighted by molar-refractivity contribution is -0.183. The van der Waals surface area contributed by atoms with Crippen LogP contribution in [0.5, 0.6) is 5.75 Å². The maximum absolute atomic E-state index is 14.3. The standard InChI is InChI=1S/C41H60N4O5/c1-8-44-18-12-16-31(44)22-42-39(47)28-14-10-13-27(19-28)32-17-11-15-29(38(32)49-9-2)23-45-37(36(25(3)4)35(24-46)50-45)40(48)43-34-21-30-20-33(26(34)5)41(30,6)7/h10-11,13-15,17,19,25-26,30-31,33-37,46H,8-9,12,16,18,20-24H2,1-7H3,(H,42,47)(H,43,48)/t26-,30+,31-,33+,34-,35-,36-,37-/m0/s1. The van der Waals surface area contributed by atoms with Gasteiger partial charge in [0.15, 0.2) is 0 Å². The molecule has 3 saturated carbocycles. The number of carbonyl (C=O) groups is 2. The van der Waals surface area contributed by atoms with Gasteiger partial charge in [-0.25, -0.2) is 0 Å². The molecule has 2 aliphatic heterocycles. The van der Waals surface area contributed by atoms with Gasteiger partial charge < -0.3 is 20.5 Å². The number of nitrogens with one attached hydrogen (secondary N) is 2. The van der Waals surface area contributed by atoms with E-state index >= 15 is 0 Å². The molecule has 8 atom stereocenters. The molecule has 9 heteroatoms. The molecule has 9 nitrogen and oxygen atoms in total. The van der Waals surface area contributed by atoms with Gasteiger partial charge in [0.2, 0.25) is 5.91 Å². The van der Waals surface area contributed by atoms with Crippen LogP contribution in [0.3, 0.4) is 0 Å². The molecule has 2 bridgehead atoms. The van der Waals surface area contributed by atoms with Gasteiger partial charge in [0.25, 0.3) is 5.91 Å². The van der Waals surface area contributed by atoms with E-state index in [4.69, 9.17) is 9.57 Å². The van der Waals surface area contributed by atoms with E-state index in [2.05, 4.69) is 57.1 Å². The Morgan fingerprint density at radius 2 is 1.90 bits per heavy atom. The molecular formula is C41H60N4O5. The predicted octanol–water partition coefficient (Wildman–Crippen LogP) is 5.90. The molecule has 0 radical (unpaired) electrons. The van der Waals surface area contributed by atoms with Crippen LogP contribution in [-0.2, 0) is 16.2 Å². The van der Waals surface area contributed by atoms with Crippen molar-refractivity contribution in [2.24, 2.45) is 35.0 Å². The van der Waals surface area contributed by atoms with Crippen LogP contribution in [0, 0.1) is 35.0 Å². The Morgan fingerprint density at radius 1 is 1.12 bits per heavy atom. The predicted molar refractivity (Wildman–Crippen MR) is 196 cm³/mol. The second-order valence-electron chi connectivity index (χ2n) is 16.2. The molecule has 2 aromatic rings. The molecule has 3 aliphatic carbocycles. The first-order valence-corrected chi connectivity index (χ1v) is 19.2. The molecule has 50 heavy (non-hydrogen) atoms. The SMILES string of the molecule is CCOc1c(CN2O[C@@H](CO)[C@H](C(C)C)[C@H]2C(=O)N[C@H]2C[C@H]3C[C@H]([C@@H]2C)C3(C)C)cccc1-c1cccc(C(=O)NC[C@@H]2CCCN2CC)c1. The largest absolute Gasteiger partial charge is 0.493 e. The summed E-state index contributed by atoms with van der Waals surface area (Å²) in [5.41, 5.74) is 3.59. The Balaban J connectivity index is 1.23. The number of amides is 2. The molecule has 5 fully saturated rings. The third-order valence-electron chi connectivity index (χ3n) is 12.8. The Labute approximate surface area is 299 Å². The number of rotatable bonds is 13. The van der Waals surface area contributed by atoms with Gasteiger partial charge in [0.05, 0.1) is 19.8 Å². The maximum Gasteiger partial charge on any atom is 0.251 e. The number of para-hydroxylation sites is 1. The third kappa shape index (κ3) is 7.08. The average molecular weight is 689 g/mol. The summed E-state index contributed by atoms with van der Waals surface area (Å²) in [5, 5.41) is 18.8. The summed E-state index contributed by atoms with van der Waals surface area (Å²) in [4.78, 5) is 36.5. The zero-order valence-electron chi connectivity index (χ0n) is 31.3. The van der Waals surface area contributed by atoms with Crippen molar-refractivity contribution in [1.82, 2.24) is 20.6 Å². The highest BCUT2D eigenvalue weighted by Gasteiger charge is 2.57. The molecule has 0 aromatic heterocycles. The Hall–Kier alpha value is -2.98. The molecule has 2 heterocycles. The van der Waals surface area contributed by atoms with Crippen molar-refractivity contribution in [1.29, 1.82) is 0 Å². The van der Waals surface area contributed by atoms with Crippen molar-refractivity contribution in [3.63, 3.8) is 0 Å². The van der Waals surface area contributed by atoms with Crippen molar-refractivity contribution >= 4 is 11.8 Å². The number of likely N-dealkylation sites (N-methyl/N-ethyl adjacent to an activating group) is 1. The van der Waals surface area contributed by atoms with E-state index in [1.165, 1.54) is 12.8 Å². The lowest BCUT2D eigenvalue weighted by Gasteiger charge is -2.62. The van der Waals surface area contributed by atoms with Crippen LogP contribution < -0.4 is 15.4 Å². The van der Waals surface area contributed by atoms with Crippen molar-refractivity contribution < 1.29 is 24.3 Å². The first-order valence-electron chi connectivity index (χ1n) is 19.2. The Bertz CT molecular complexity index is 1510. The van der Waals surface area contributed by atoms with E-state index < -0.39 is 12.1 Å². The number of carbonyl (C=O) groups excluding carboxylic acids is 2. The van der Waals surface area contributed by atoms with Gasteiger partial charge in [-0.15, -0.1) is 0 Å². The molecule has 3 N–H and O–H groups in total. The smallest absolute Gasteiger partial charge is 0.251 e. The minimum absolute atomic E-state index is 0.0249. The number of ether oxygens (including phenoxy) is 1. The molecule has 2 amide bonds. The summed E-state index contributed by atoms with van der Waals surface area (Å²) in [6.45, 7) is 18.7. The molecule has 0 unspecified atom stereocenters. The summed E-state index contributed by atoms with van der Waals surface area (Å²) < 4.78 is 6.33. The van der Waals surface area contributed by atoms with E-state index in [0.29, 0.717) is 60.2 Å². The van der Waals surface area contributed by atoms with Gasteiger partial charge in [-0.2, -0.15) is 5.06 Å². The molecule has 2 saturated heterocycles. The van der Waals surface area contributed by atoms with Gasteiger partial charge in [-0.1, -0.05) is 71.9 Å². The van der Waals surface area contributed by atoms with Gasteiger partial charge >= 0.3 is 0 Å². The average Bonchev–Trinajstić information content (AvgIpc) is 3.72. The van der Waals surface area contributed by atoms with E-state index in [1.807, 2.05) is 49.4 Å². The Morgan fingerprint density at radius 3 is 2.58 bits per heavy atom.